The topological polar surface area (TPSA) is 97.2 Å². The number of carbonyl (C=O) groups is 2. The zero-order valence-electron chi connectivity index (χ0n) is 16.5. The van der Waals surface area contributed by atoms with Gasteiger partial charge in [0.2, 0.25) is 0 Å². The average Bonchev–Trinajstić information content (AvgIpc) is 2.79. The van der Waals surface area contributed by atoms with Crippen LogP contribution in [0.15, 0.2) is 82.4 Å². The van der Waals surface area contributed by atoms with Crippen molar-refractivity contribution in [2.45, 2.75) is 6.10 Å². The lowest BCUT2D eigenvalue weighted by Crippen LogP contribution is -2.25. The fourth-order valence-electron chi connectivity index (χ4n) is 2.64. The van der Waals surface area contributed by atoms with Crippen LogP contribution in [0.5, 0.6) is 11.5 Å². The van der Waals surface area contributed by atoms with Crippen LogP contribution in [-0.2, 0) is 4.79 Å². The molecule has 0 spiro atoms. The van der Waals surface area contributed by atoms with Crippen LogP contribution in [0, 0.1) is 0 Å². The number of nitrogens with one attached hydrogen (secondary N) is 1. The number of esters is 1. The van der Waals surface area contributed by atoms with Gasteiger partial charge in [0.05, 0.1) is 18.9 Å². The van der Waals surface area contributed by atoms with Gasteiger partial charge in [0.15, 0.2) is 17.6 Å². The first-order valence-electron chi connectivity index (χ1n) is 9.19. The van der Waals surface area contributed by atoms with Crippen molar-refractivity contribution in [3.05, 3.63) is 94.0 Å². The Bertz CT molecular complexity index is 1100. The SMILES string of the molecule is COc1cc(/C=N\NC(=O)[C@H](O)c2ccccc2)ccc1OC(=O)c1cccc(Br)c1. The minimum atomic E-state index is -1.33. The number of nitrogens with zero attached hydrogens (tertiary/aromatic N) is 1. The van der Waals surface area contributed by atoms with Crippen molar-refractivity contribution in [1.82, 2.24) is 5.43 Å². The number of carbonyl (C=O) groups excluding carboxylic acids is 2. The van der Waals surface area contributed by atoms with Gasteiger partial charge >= 0.3 is 5.97 Å². The van der Waals surface area contributed by atoms with Crippen LogP contribution < -0.4 is 14.9 Å². The predicted molar refractivity (Wildman–Crippen MR) is 119 cm³/mol. The molecule has 0 aliphatic heterocycles. The van der Waals surface area contributed by atoms with E-state index in [1.54, 1.807) is 66.7 Å². The van der Waals surface area contributed by atoms with Gasteiger partial charge in [-0.05, 0) is 47.5 Å². The highest BCUT2D eigenvalue weighted by Gasteiger charge is 2.16. The molecule has 0 fully saturated rings. The van der Waals surface area contributed by atoms with Gasteiger partial charge in [-0.2, -0.15) is 5.10 Å². The van der Waals surface area contributed by atoms with Gasteiger partial charge in [-0.3, -0.25) is 4.79 Å². The largest absolute Gasteiger partial charge is 0.493 e. The van der Waals surface area contributed by atoms with Crippen LogP contribution in [-0.4, -0.2) is 30.3 Å². The predicted octanol–water partition coefficient (Wildman–Crippen LogP) is 3.86. The van der Waals surface area contributed by atoms with E-state index in [0.29, 0.717) is 22.4 Å². The molecular weight excluding hydrogens is 464 g/mol. The van der Waals surface area contributed by atoms with Crippen LogP contribution in [0.3, 0.4) is 0 Å². The number of methoxy groups -OCH3 is 1. The van der Waals surface area contributed by atoms with E-state index in [1.807, 2.05) is 6.07 Å². The number of halogens is 1. The summed E-state index contributed by atoms with van der Waals surface area (Å²) in [5.74, 6) is -0.617. The van der Waals surface area contributed by atoms with Crippen LogP contribution in [0.4, 0.5) is 0 Å². The number of aliphatic hydroxyl groups is 1. The number of rotatable bonds is 7. The Balaban J connectivity index is 1.65. The van der Waals surface area contributed by atoms with Crippen molar-refractivity contribution >= 4 is 34.0 Å². The summed E-state index contributed by atoms with van der Waals surface area (Å²) in [6.07, 6.45) is 0.0607. The summed E-state index contributed by atoms with van der Waals surface area (Å²) in [4.78, 5) is 24.4. The Morgan fingerprint density at radius 3 is 2.52 bits per heavy atom. The number of ether oxygens (including phenoxy) is 2. The fourth-order valence-corrected chi connectivity index (χ4v) is 3.04. The zero-order valence-corrected chi connectivity index (χ0v) is 18.1. The van der Waals surface area contributed by atoms with Crippen molar-refractivity contribution in [3.63, 3.8) is 0 Å². The van der Waals surface area contributed by atoms with E-state index in [1.165, 1.54) is 13.3 Å². The van der Waals surface area contributed by atoms with E-state index in [0.717, 1.165) is 4.47 Å². The minimum Gasteiger partial charge on any atom is -0.493 e. The molecule has 0 aromatic heterocycles. The number of amides is 1. The molecule has 0 bridgehead atoms. The normalized spacial score (nSPS) is 11.7. The second kappa shape index (κ2) is 10.5. The Kier molecular flexibility index (Phi) is 7.53. The van der Waals surface area contributed by atoms with E-state index in [2.05, 4.69) is 26.5 Å². The molecule has 31 heavy (non-hydrogen) atoms. The minimum absolute atomic E-state index is 0.244. The standard InChI is InChI=1S/C23H19BrN2O5/c1-30-20-12-15(14-25-26-22(28)21(27)16-6-3-2-4-7-16)10-11-19(20)31-23(29)17-8-5-9-18(24)13-17/h2-14,21,27H,1H3,(H,26,28)/b25-14-/t21-/m1/s1. The molecule has 0 aliphatic carbocycles. The molecular formula is C23H19BrN2O5. The lowest BCUT2D eigenvalue weighted by molar-refractivity contribution is -0.129. The number of benzene rings is 3. The molecule has 0 radical (unpaired) electrons. The second-order valence-corrected chi connectivity index (χ2v) is 7.27. The third kappa shape index (κ3) is 6.00. The van der Waals surface area contributed by atoms with Crippen LogP contribution in [0.1, 0.15) is 27.6 Å². The van der Waals surface area contributed by atoms with E-state index >= 15 is 0 Å². The van der Waals surface area contributed by atoms with E-state index in [9.17, 15) is 14.7 Å². The summed E-state index contributed by atoms with van der Waals surface area (Å²) in [6, 6.07) is 20.2. The Morgan fingerprint density at radius 2 is 1.81 bits per heavy atom. The molecule has 0 heterocycles. The summed E-state index contributed by atoms with van der Waals surface area (Å²) in [7, 11) is 1.45. The summed E-state index contributed by atoms with van der Waals surface area (Å²) in [5, 5.41) is 13.9. The van der Waals surface area contributed by atoms with Crippen molar-refractivity contribution in [3.8, 4) is 11.5 Å². The maximum Gasteiger partial charge on any atom is 0.343 e. The van der Waals surface area contributed by atoms with Crippen molar-refractivity contribution in [2.24, 2.45) is 5.10 Å². The second-order valence-electron chi connectivity index (χ2n) is 6.36. The van der Waals surface area contributed by atoms with Crippen molar-refractivity contribution < 1.29 is 24.2 Å². The monoisotopic (exact) mass is 482 g/mol. The maximum atomic E-state index is 12.4. The number of hydrogen-bond donors (Lipinski definition) is 2. The molecule has 0 unspecified atom stereocenters. The summed E-state index contributed by atoms with van der Waals surface area (Å²) >= 11 is 3.32. The lowest BCUT2D eigenvalue weighted by atomic mass is 10.1. The van der Waals surface area contributed by atoms with E-state index in [4.69, 9.17) is 9.47 Å². The molecule has 2 N–H and O–H groups in total. The zero-order chi connectivity index (χ0) is 22.2. The van der Waals surface area contributed by atoms with Gasteiger partial charge in [0.25, 0.3) is 5.91 Å². The molecule has 3 rings (SSSR count). The van der Waals surface area contributed by atoms with Crippen molar-refractivity contribution in [2.75, 3.05) is 7.11 Å². The molecule has 158 valence electrons. The van der Waals surface area contributed by atoms with Gasteiger partial charge in [-0.1, -0.05) is 52.3 Å². The Hall–Kier alpha value is -3.49. The van der Waals surface area contributed by atoms with Gasteiger partial charge in [-0.15, -0.1) is 0 Å². The highest BCUT2D eigenvalue weighted by atomic mass is 79.9. The molecule has 3 aromatic rings. The third-order valence-corrected chi connectivity index (χ3v) is 4.70. The Labute approximate surface area is 187 Å². The highest BCUT2D eigenvalue weighted by molar-refractivity contribution is 9.10. The van der Waals surface area contributed by atoms with Gasteiger partial charge in [0.1, 0.15) is 0 Å². The summed E-state index contributed by atoms with van der Waals surface area (Å²) < 4.78 is 11.5. The third-order valence-electron chi connectivity index (χ3n) is 4.20. The highest BCUT2D eigenvalue weighted by Crippen LogP contribution is 2.28. The molecule has 1 amide bonds. The smallest absolute Gasteiger partial charge is 0.343 e. The van der Waals surface area contributed by atoms with Crippen LogP contribution in [0.25, 0.3) is 0 Å². The summed E-state index contributed by atoms with van der Waals surface area (Å²) in [6.45, 7) is 0. The van der Waals surface area contributed by atoms with Gasteiger partial charge < -0.3 is 14.6 Å². The summed E-state index contributed by atoms with van der Waals surface area (Å²) in [5.41, 5.74) is 3.74. The fraction of sp³-hybridized carbons (Fsp3) is 0.0870. The van der Waals surface area contributed by atoms with Gasteiger partial charge in [0, 0.05) is 4.47 Å². The quantitative estimate of drug-likeness (QED) is 0.230. The number of aliphatic hydroxyl groups excluding tert-OH is 1. The molecule has 7 nitrogen and oxygen atoms in total. The molecule has 8 heteroatoms. The van der Waals surface area contributed by atoms with Crippen molar-refractivity contribution in [1.29, 1.82) is 0 Å². The first-order chi connectivity index (χ1) is 15.0. The Morgan fingerprint density at radius 1 is 1.03 bits per heavy atom. The van der Waals surface area contributed by atoms with E-state index < -0.39 is 18.0 Å². The van der Waals surface area contributed by atoms with Crippen LogP contribution in [0.2, 0.25) is 0 Å². The average molecular weight is 483 g/mol. The molecule has 1 atom stereocenters. The number of hydrazone groups is 1. The van der Waals surface area contributed by atoms with Crippen LogP contribution >= 0.6 is 15.9 Å². The van der Waals surface area contributed by atoms with Gasteiger partial charge in [-0.25, -0.2) is 10.2 Å². The molecule has 0 saturated carbocycles. The number of hydrogen-bond acceptors (Lipinski definition) is 6. The first kappa shape index (κ1) is 22.2. The lowest BCUT2D eigenvalue weighted by Gasteiger charge is -2.10. The molecule has 0 saturated heterocycles. The maximum absolute atomic E-state index is 12.4. The first-order valence-corrected chi connectivity index (χ1v) is 9.99. The molecule has 3 aromatic carbocycles. The van der Waals surface area contributed by atoms with E-state index in [-0.39, 0.29) is 5.75 Å². The molecule has 0 aliphatic rings.